The van der Waals surface area contributed by atoms with E-state index >= 15 is 0 Å². The van der Waals surface area contributed by atoms with Crippen LogP contribution in [-0.4, -0.2) is 5.11 Å². The van der Waals surface area contributed by atoms with Gasteiger partial charge >= 0.3 is 0 Å². The van der Waals surface area contributed by atoms with Crippen molar-refractivity contribution in [2.75, 3.05) is 0 Å². The molecule has 0 aliphatic carbocycles. The molecule has 0 aromatic heterocycles. The molecule has 0 saturated heterocycles. The van der Waals surface area contributed by atoms with Crippen LogP contribution in [0.1, 0.15) is 31.1 Å². The number of hydrogen-bond donors (Lipinski definition) is 1. The van der Waals surface area contributed by atoms with E-state index in [1.807, 2.05) is 26.8 Å². The van der Waals surface area contributed by atoms with E-state index in [1.165, 1.54) is 6.07 Å². The van der Waals surface area contributed by atoms with Crippen LogP contribution in [0.25, 0.3) is 0 Å². The molecule has 1 rings (SSSR count). The van der Waals surface area contributed by atoms with Crippen LogP contribution in [0.15, 0.2) is 16.6 Å². The van der Waals surface area contributed by atoms with Gasteiger partial charge in [-0.3, -0.25) is 0 Å². The van der Waals surface area contributed by atoms with Gasteiger partial charge in [-0.25, -0.2) is 4.39 Å². The molecular formula is C11H14BrFO. The topological polar surface area (TPSA) is 20.2 Å². The van der Waals surface area contributed by atoms with Crippen LogP contribution in [0.3, 0.4) is 0 Å². The van der Waals surface area contributed by atoms with Gasteiger partial charge in [0, 0.05) is 10.0 Å². The van der Waals surface area contributed by atoms with E-state index in [1.54, 1.807) is 0 Å². The second-order valence-electron chi connectivity index (χ2n) is 3.83. The number of hydrogen-bond acceptors (Lipinski definition) is 1. The Balaban J connectivity index is 3.20. The highest BCUT2D eigenvalue weighted by Gasteiger charge is 2.19. The molecule has 0 aliphatic heterocycles. The average molecular weight is 261 g/mol. The Morgan fingerprint density at radius 1 is 1.36 bits per heavy atom. The first-order valence-electron chi connectivity index (χ1n) is 4.57. The zero-order valence-corrected chi connectivity index (χ0v) is 10.1. The molecule has 3 heteroatoms. The third-order valence-electron chi connectivity index (χ3n) is 2.15. The standard InChI is InChI=1S/C11H14BrFO/c1-6(2)11(14)10-8(12)4-7(3)5-9(10)13/h4-6,11,14H,1-3H3. The summed E-state index contributed by atoms with van der Waals surface area (Å²) in [6.45, 7) is 5.53. The second kappa shape index (κ2) is 4.41. The maximum atomic E-state index is 13.5. The van der Waals surface area contributed by atoms with Crippen molar-refractivity contribution < 1.29 is 9.50 Å². The van der Waals surface area contributed by atoms with Crippen LogP contribution in [0.4, 0.5) is 4.39 Å². The molecule has 1 atom stereocenters. The first-order chi connectivity index (χ1) is 6.43. The zero-order chi connectivity index (χ0) is 10.9. The van der Waals surface area contributed by atoms with Crippen LogP contribution in [0.2, 0.25) is 0 Å². The largest absolute Gasteiger partial charge is 0.388 e. The monoisotopic (exact) mass is 260 g/mol. The van der Waals surface area contributed by atoms with Gasteiger partial charge in [0.1, 0.15) is 5.82 Å². The van der Waals surface area contributed by atoms with Gasteiger partial charge in [0.2, 0.25) is 0 Å². The molecule has 0 heterocycles. The Morgan fingerprint density at radius 3 is 2.36 bits per heavy atom. The number of benzene rings is 1. The Kier molecular flexibility index (Phi) is 3.67. The molecule has 1 aromatic rings. The van der Waals surface area contributed by atoms with E-state index in [4.69, 9.17) is 0 Å². The number of rotatable bonds is 2. The number of aliphatic hydroxyl groups is 1. The average Bonchev–Trinajstić information content (AvgIpc) is 2.01. The molecule has 1 nitrogen and oxygen atoms in total. The van der Waals surface area contributed by atoms with Gasteiger partial charge in [0.25, 0.3) is 0 Å². The molecule has 0 aliphatic rings. The van der Waals surface area contributed by atoms with Crippen molar-refractivity contribution in [3.05, 3.63) is 33.5 Å². The predicted octanol–water partition coefficient (Wildman–Crippen LogP) is 3.59. The highest BCUT2D eigenvalue weighted by atomic mass is 79.9. The molecule has 1 aromatic carbocycles. The smallest absolute Gasteiger partial charge is 0.130 e. The third kappa shape index (κ3) is 2.34. The predicted molar refractivity (Wildman–Crippen MR) is 58.6 cm³/mol. The summed E-state index contributed by atoms with van der Waals surface area (Å²) in [6, 6.07) is 3.25. The molecule has 0 fully saturated rings. The van der Waals surface area contributed by atoms with Crippen molar-refractivity contribution in [2.45, 2.75) is 26.9 Å². The molecule has 1 unspecified atom stereocenters. The summed E-state index contributed by atoms with van der Waals surface area (Å²) in [5.74, 6) is -0.346. The summed E-state index contributed by atoms with van der Waals surface area (Å²) >= 11 is 3.27. The van der Waals surface area contributed by atoms with Crippen molar-refractivity contribution >= 4 is 15.9 Å². The normalized spacial score (nSPS) is 13.4. The Bertz CT molecular complexity index is 313. The van der Waals surface area contributed by atoms with E-state index in [0.717, 1.165) is 5.56 Å². The first kappa shape index (κ1) is 11.7. The lowest BCUT2D eigenvalue weighted by Crippen LogP contribution is -2.08. The fraction of sp³-hybridized carbons (Fsp3) is 0.455. The summed E-state index contributed by atoms with van der Waals surface area (Å²) in [5, 5.41) is 9.78. The van der Waals surface area contributed by atoms with Gasteiger partial charge in [-0.05, 0) is 30.5 Å². The van der Waals surface area contributed by atoms with E-state index in [0.29, 0.717) is 10.0 Å². The quantitative estimate of drug-likeness (QED) is 0.862. The van der Waals surface area contributed by atoms with E-state index < -0.39 is 6.10 Å². The molecule has 78 valence electrons. The van der Waals surface area contributed by atoms with Gasteiger partial charge in [-0.1, -0.05) is 29.8 Å². The highest BCUT2D eigenvalue weighted by Crippen LogP contribution is 2.31. The zero-order valence-electron chi connectivity index (χ0n) is 8.51. The lowest BCUT2D eigenvalue weighted by molar-refractivity contribution is 0.122. The summed E-state index contributed by atoms with van der Waals surface area (Å²) in [4.78, 5) is 0. The van der Waals surface area contributed by atoms with Gasteiger partial charge in [0.15, 0.2) is 0 Å². The fourth-order valence-electron chi connectivity index (χ4n) is 1.33. The minimum atomic E-state index is -0.759. The van der Waals surface area contributed by atoms with Crippen LogP contribution in [0.5, 0.6) is 0 Å². The number of aliphatic hydroxyl groups excluding tert-OH is 1. The van der Waals surface area contributed by atoms with E-state index in [-0.39, 0.29) is 11.7 Å². The number of halogens is 2. The fourth-order valence-corrected chi connectivity index (χ4v) is 2.11. The van der Waals surface area contributed by atoms with Crippen LogP contribution in [0, 0.1) is 18.7 Å². The van der Waals surface area contributed by atoms with E-state index in [2.05, 4.69) is 15.9 Å². The Labute approximate surface area is 92.1 Å². The molecule has 0 bridgehead atoms. The van der Waals surface area contributed by atoms with Crippen molar-refractivity contribution in [1.29, 1.82) is 0 Å². The van der Waals surface area contributed by atoms with Crippen molar-refractivity contribution in [3.63, 3.8) is 0 Å². The second-order valence-corrected chi connectivity index (χ2v) is 4.69. The minimum absolute atomic E-state index is 0.00325. The summed E-state index contributed by atoms with van der Waals surface area (Å²) < 4.78 is 14.2. The third-order valence-corrected chi connectivity index (χ3v) is 2.81. The maximum absolute atomic E-state index is 13.5. The molecular weight excluding hydrogens is 247 g/mol. The SMILES string of the molecule is Cc1cc(F)c(C(O)C(C)C)c(Br)c1. The summed E-state index contributed by atoms with van der Waals surface area (Å²) in [6.07, 6.45) is -0.759. The Morgan fingerprint density at radius 2 is 1.93 bits per heavy atom. The summed E-state index contributed by atoms with van der Waals surface area (Å²) in [7, 11) is 0. The van der Waals surface area contributed by atoms with Gasteiger partial charge in [-0.2, -0.15) is 0 Å². The maximum Gasteiger partial charge on any atom is 0.130 e. The Hall–Kier alpha value is -0.410. The first-order valence-corrected chi connectivity index (χ1v) is 5.36. The van der Waals surface area contributed by atoms with Gasteiger partial charge in [-0.15, -0.1) is 0 Å². The lowest BCUT2D eigenvalue weighted by Gasteiger charge is -2.17. The van der Waals surface area contributed by atoms with Crippen LogP contribution < -0.4 is 0 Å². The molecule has 0 amide bonds. The number of aryl methyl sites for hydroxylation is 1. The minimum Gasteiger partial charge on any atom is -0.388 e. The lowest BCUT2D eigenvalue weighted by atomic mass is 9.98. The van der Waals surface area contributed by atoms with Gasteiger partial charge < -0.3 is 5.11 Å². The van der Waals surface area contributed by atoms with Crippen molar-refractivity contribution in [2.24, 2.45) is 5.92 Å². The van der Waals surface area contributed by atoms with Gasteiger partial charge in [0.05, 0.1) is 6.10 Å². The highest BCUT2D eigenvalue weighted by molar-refractivity contribution is 9.10. The van der Waals surface area contributed by atoms with Crippen LogP contribution in [-0.2, 0) is 0 Å². The molecule has 1 N–H and O–H groups in total. The molecule has 0 radical (unpaired) electrons. The summed E-state index contributed by atoms with van der Waals surface area (Å²) in [5.41, 5.74) is 1.19. The molecule has 0 spiro atoms. The molecule has 14 heavy (non-hydrogen) atoms. The van der Waals surface area contributed by atoms with E-state index in [9.17, 15) is 9.50 Å². The van der Waals surface area contributed by atoms with Crippen molar-refractivity contribution in [1.82, 2.24) is 0 Å². The molecule has 0 saturated carbocycles. The van der Waals surface area contributed by atoms with Crippen LogP contribution >= 0.6 is 15.9 Å². The van der Waals surface area contributed by atoms with Crippen molar-refractivity contribution in [3.8, 4) is 0 Å².